The van der Waals surface area contributed by atoms with Crippen LogP contribution >= 0.6 is 0 Å². The zero-order chi connectivity index (χ0) is 12.4. The van der Waals surface area contributed by atoms with E-state index in [-0.39, 0.29) is 0 Å². The van der Waals surface area contributed by atoms with Crippen LogP contribution in [0.3, 0.4) is 0 Å². The van der Waals surface area contributed by atoms with Crippen molar-refractivity contribution >= 4 is 11.0 Å². The molecule has 0 radical (unpaired) electrons. The molecule has 3 nitrogen and oxygen atoms in total. The number of aromatic nitrogens is 1. The Morgan fingerprint density at radius 2 is 2.06 bits per heavy atom. The van der Waals surface area contributed by atoms with Crippen molar-refractivity contribution < 1.29 is 9.52 Å². The van der Waals surface area contributed by atoms with Crippen molar-refractivity contribution in [2.45, 2.75) is 12.5 Å². The maximum atomic E-state index is 10.2. The first kappa shape index (κ1) is 11.0. The van der Waals surface area contributed by atoms with Gasteiger partial charge in [0, 0.05) is 24.2 Å². The molecule has 3 heteroatoms. The Kier molecular flexibility index (Phi) is 2.82. The molecule has 3 aromatic rings. The van der Waals surface area contributed by atoms with Gasteiger partial charge in [-0.15, -0.1) is 0 Å². The second-order valence-electron chi connectivity index (χ2n) is 4.27. The van der Waals surface area contributed by atoms with E-state index in [1.54, 1.807) is 12.4 Å². The van der Waals surface area contributed by atoms with Gasteiger partial charge in [0.15, 0.2) is 0 Å². The van der Waals surface area contributed by atoms with Crippen LogP contribution in [0, 0.1) is 0 Å². The van der Waals surface area contributed by atoms with E-state index in [0.717, 1.165) is 16.5 Å². The number of aliphatic hydroxyl groups is 1. The van der Waals surface area contributed by atoms with Gasteiger partial charge < -0.3 is 9.52 Å². The van der Waals surface area contributed by atoms with Gasteiger partial charge >= 0.3 is 0 Å². The Labute approximate surface area is 105 Å². The second-order valence-corrected chi connectivity index (χ2v) is 4.27. The van der Waals surface area contributed by atoms with Crippen LogP contribution in [0.15, 0.2) is 59.3 Å². The summed E-state index contributed by atoms with van der Waals surface area (Å²) in [6.07, 6.45) is 3.35. The highest BCUT2D eigenvalue weighted by atomic mass is 16.4. The molecule has 3 rings (SSSR count). The van der Waals surface area contributed by atoms with Crippen molar-refractivity contribution in [3.63, 3.8) is 0 Å². The molecular formula is C15H13NO2. The number of hydrogen-bond donors (Lipinski definition) is 1. The van der Waals surface area contributed by atoms with Crippen molar-refractivity contribution in [3.05, 3.63) is 66.2 Å². The van der Waals surface area contributed by atoms with Crippen LogP contribution in [0.1, 0.15) is 17.4 Å². The number of furan rings is 1. The molecule has 0 amide bonds. The molecule has 0 aliphatic carbocycles. The first-order chi connectivity index (χ1) is 8.83. The minimum Gasteiger partial charge on any atom is -0.458 e. The zero-order valence-electron chi connectivity index (χ0n) is 9.78. The van der Waals surface area contributed by atoms with E-state index >= 15 is 0 Å². The van der Waals surface area contributed by atoms with Crippen molar-refractivity contribution in [1.82, 2.24) is 4.98 Å². The first-order valence-corrected chi connectivity index (χ1v) is 5.88. The van der Waals surface area contributed by atoms with Crippen LogP contribution < -0.4 is 0 Å². The molecule has 2 heterocycles. The van der Waals surface area contributed by atoms with Gasteiger partial charge in [0.2, 0.25) is 0 Å². The summed E-state index contributed by atoms with van der Waals surface area (Å²) in [5.41, 5.74) is 1.79. The molecule has 0 saturated carbocycles. The number of nitrogens with zero attached hydrogens (tertiary/aromatic N) is 1. The summed E-state index contributed by atoms with van der Waals surface area (Å²) in [6.45, 7) is 0. The zero-order valence-corrected chi connectivity index (χ0v) is 9.78. The number of aliphatic hydroxyl groups excluding tert-OH is 1. The van der Waals surface area contributed by atoms with Crippen molar-refractivity contribution in [2.24, 2.45) is 0 Å². The molecule has 0 bridgehead atoms. The van der Waals surface area contributed by atoms with E-state index < -0.39 is 6.10 Å². The number of hydrogen-bond acceptors (Lipinski definition) is 3. The molecule has 1 atom stereocenters. The first-order valence-electron chi connectivity index (χ1n) is 5.88. The lowest BCUT2D eigenvalue weighted by atomic mass is 10.1. The fourth-order valence-corrected chi connectivity index (χ4v) is 2.01. The maximum Gasteiger partial charge on any atom is 0.134 e. The fraction of sp³-hybridized carbons (Fsp3) is 0.133. The van der Waals surface area contributed by atoms with Crippen LogP contribution in [-0.2, 0) is 6.42 Å². The van der Waals surface area contributed by atoms with E-state index in [2.05, 4.69) is 4.98 Å². The molecule has 0 saturated heterocycles. The second kappa shape index (κ2) is 4.63. The largest absolute Gasteiger partial charge is 0.458 e. The molecule has 90 valence electrons. The van der Waals surface area contributed by atoms with Gasteiger partial charge in [-0.25, -0.2) is 0 Å². The third-order valence-corrected chi connectivity index (χ3v) is 2.92. The van der Waals surface area contributed by atoms with E-state index in [1.807, 2.05) is 42.5 Å². The molecule has 1 aromatic carbocycles. The molecule has 0 aliphatic heterocycles. The van der Waals surface area contributed by atoms with Gasteiger partial charge in [0.05, 0.1) is 0 Å². The minimum absolute atomic E-state index is 0.508. The highest BCUT2D eigenvalue weighted by Crippen LogP contribution is 2.25. The van der Waals surface area contributed by atoms with Gasteiger partial charge in [-0.2, -0.15) is 0 Å². The van der Waals surface area contributed by atoms with Gasteiger partial charge in [0.1, 0.15) is 17.4 Å². The van der Waals surface area contributed by atoms with E-state index in [1.165, 1.54) is 0 Å². The summed E-state index contributed by atoms with van der Waals surface area (Å²) < 4.78 is 5.63. The third kappa shape index (κ3) is 2.13. The topological polar surface area (TPSA) is 46.3 Å². The van der Waals surface area contributed by atoms with Crippen molar-refractivity contribution in [1.29, 1.82) is 0 Å². The number of pyridine rings is 1. The average Bonchev–Trinajstić information content (AvgIpc) is 2.84. The Balaban J connectivity index is 1.86. The SMILES string of the molecule is OC(Cc1cccnc1)c1cc2ccccc2o1. The lowest BCUT2D eigenvalue weighted by Gasteiger charge is -2.06. The molecule has 1 N–H and O–H groups in total. The quantitative estimate of drug-likeness (QED) is 0.763. The minimum atomic E-state index is -0.637. The Morgan fingerprint density at radius 3 is 2.83 bits per heavy atom. The molecule has 2 aromatic heterocycles. The molecule has 1 unspecified atom stereocenters. The Morgan fingerprint density at radius 1 is 1.17 bits per heavy atom. The standard InChI is InChI=1S/C15H13NO2/c17-13(8-11-4-3-7-16-10-11)15-9-12-5-1-2-6-14(12)18-15/h1-7,9-10,13,17H,8H2. The Hall–Kier alpha value is -2.13. The van der Waals surface area contributed by atoms with Crippen LogP contribution in [0.2, 0.25) is 0 Å². The summed E-state index contributed by atoms with van der Waals surface area (Å²) in [5.74, 6) is 0.597. The fourth-order valence-electron chi connectivity index (χ4n) is 2.01. The predicted octanol–water partition coefficient (Wildman–Crippen LogP) is 3.10. The normalized spacial score (nSPS) is 12.7. The number of benzene rings is 1. The van der Waals surface area contributed by atoms with Crippen LogP contribution in [0.5, 0.6) is 0 Å². The molecule has 0 spiro atoms. The van der Waals surface area contributed by atoms with Crippen molar-refractivity contribution in [3.8, 4) is 0 Å². The van der Waals surface area contributed by atoms with E-state index in [9.17, 15) is 5.11 Å². The third-order valence-electron chi connectivity index (χ3n) is 2.92. The Bertz CT molecular complexity index is 613. The highest BCUT2D eigenvalue weighted by molar-refractivity contribution is 5.77. The lowest BCUT2D eigenvalue weighted by Crippen LogP contribution is -2.00. The van der Waals surface area contributed by atoms with Gasteiger partial charge in [-0.1, -0.05) is 24.3 Å². The molecular weight excluding hydrogens is 226 g/mol. The van der Waals surface area contributed by atoms with Crippen molar-refractivity contribution in [2.75, 3.05) is 0 Å². The highest BCUT2D eigenvalue weighted by Gasteiger charge is 2.13. The monoisotopic (exact) mass is 239 g/mol. The smallest absolute Gasteiger partial charge is 0.134 e. The summed E-state index contributed by atoms with van der Waals surface area (Å²) in [5, 5.41) is 11.2. The van der Waals surface area contributed by atoms with E-state index in [0.29, 0.717) is 12.2 Å². The summed E-state index contributed by atoms with van der Waals surface area (Å²) in [4.78, 5) is 4.03. The number of fused-ring (bicyclic) bond motifs is 1. The predicted molar refractivity (Wildman–Crippen MR) is 69.1 cm³/mol. The molecule has 0 aliphatic rings. The van der Waals surface area contributed by atoms with Gasteiger partial charge in [-0.05, 0) is 23.8 Å². The van der Waals surface area contributed by atoms with E-state index in [4.69, 9.17) is 4.42 Å². The average molecular weight is 239 g/mol. The number of rotatable bonds is 3. The summed E-state index contributed by atoms with van der Waals surface area (Å²) >= 11 is 0. The summed E-state index contributed by atoms with van der Waals surface area (Å²) in [7, 11) is 0. The van der Waals surface area contributed by atoms with Gasteiger partial charge in [-0.3, -0.25) is 4.98 Å². The van der Waals surface area contributed by atoms with Gasteiger partial charge in [0.25, 0.3) is 0 Å². The molecule has 18 heavy (non-hydrogen) atoms. The summed E-state index contributed by atoms with van der Waals surface area (Å²) in [6, 6.07) is 13.4. The van der Waals surface area contributed by atoms with Crippen LogP contribution in [-0.4, -0.2) is 10.1 Å². The maximum absolute atomic E-state index is 10.2. The number of para-hydroxylation sites is 1. The lowest BCUT2D eigenvalue weighted by molar-refractivity contribution is 0.152. The van der Waals surface area contributed by atoms with Crippen LogP contribution in [0.4, 0.5) is 0 Å². The van der Waals surface area contributed by atoms with Crippen LogP contribution in [0.25, 0.3) is 11.0 Å². The molecule has 0 fully saturated rings.